The van der Waals surface area contributed by atoms with Crippen molar-refractivity contribution in [3.63, 3.8) is 0 Å². The molecule has 126 valence electrons. The normalized spacial score (nSPS) is 11.3. The lowest BCUT2D eigenvalue weighted by atomic mass is 10.1. The van der Waals surface area contributed by atoms with Gasteiger partial charge >= 0.3 is 0 Å². The Labute approximate surface area is 140 Å². The minimum Gasteiger partial charge on any atom is -0.356 e. The molecule has 0 atom stereocenters. The number of hydrogen-bond donors (Lipinski definition) is 1. The molecule has 6 nitrogen and oxygen atoms in total. The maximum absolute atomic E-state index is 12.5. The first-order chi connectivity index (χ1) is 11.7. The molecule has 2 aromatic heterocycles. The van der Waals surface area contributed by atoms with Crippen molar-refractivity contribution in [3.8, 4) is 0 Å². The van der Waals surface area contributed by atoms with E-state index in [2.05, 4.69) is 29.4 Å². The van der Waals surface area contributed by atoms with Crippen LogP contribution in [0.2, 0.25) is 0 Å². The third-order valence-corrected chi connectivity index (χ3v) is 4.45. The Kier molecular flexibility index (Phi) is 4.64. The molecule has 1 N–H and O–H groups in total. The Morgan fingerprint density at radius 2 is 2.04 bits per heavy atom. The van der Waals surface area contributed by atoms with Gasteiger partial charge in [-0.3, -0.25) is 9.48 Å². The lowest BCUT2D eigenvalue weighted by Gasteiger charge is -2.15. The maximum Gasteiger partial charge on any atom is 0.255 e. The van der Waals surface area contributed by atoms with E-state index < -0.39 is 0 Å². The van der Waals surface area contributed by atoms with E-state index in [1.807, 2.05) is 35.9 Å². The van der Waals surface area contributed by atoms with E-state index in [4.69, 9.17) is 4.52 Å². The third-order valence-electron chi connectivity index (χ3n) is 4.45. The summed E-state index contributed by atoms with van der Waals surface area (Å²) in [5.74, 6) is -0.142. The smallest absolute Gasteiger partial charge is 0.255 e. The Morgan fingerprint density at radius 3 is 2.79 bits per heavy atom. The molecule has 0 radical (unpaired) electrons. The molecule has 2 heterocycles. The van der Waals surface area contributed by atoms with E-state index in [9.17, 15) is 4.79 Å². The number of nitrogens with one attached hydrogen (secondary N) is 1. The predicted molar refractivity (Wildman–Crippen MR) is 91.8 cm³/mol. The molecule has 6 heteroatoms. The van der Waals surface area contributed by atoms with Gasteiger partial charge in [0.05, 0.1) is 24.3 Å². The molecule has 0 aliphatic rings. The highest BCUT2D eigenvalue weighted by molar-refractivity contribution is 5.95. The van der Waals surface area contributed by atoms with Crippen molar-refractivity contribution in [2.45, 2.75) is 46.2 Å². The number of amides is 1. The van der Waals surface area contributed by atoms with Gasteiger partial charge in [-0.2, -0.15) is 5.10 Å². The molecule has 3 rings (SSSR count). The van der Waals surface area contributed by atoms with Crippen molar-refractivity contribution in [2.75, 3.05) is 0 Å². The van der Waals surface area contributed by atoms with Crippen LogP contribution in [0.3, 0.4) is 0 Å². The predicted octanol–water partition coefficient (Wildman–Crippen LogP) is 3.62. The second-order valence-corrected chi connectivity index (χ2v) is 5.87. The van der Waals surface area contributed by atoms with Crippen LogP contribution in [0.4, 0.5) is 0 Å². The fraction of sp³-hybridized carbons (Fsp3) is 0.389. The van der Waals surface area contributed by atoms with Gasteiger partial charge in [0.15, 0.2) is 5.58 Å². The number of benzene rings is 1. The fourth-order valence-corrected chi connectivity index (χ4v) is 2.97. The van der Waals surface area contributed by atoms with Gasteiger partial charge in [-0.05, 0) is 31.9 Å². The number of aromatic nitrogens is 3. The van der Waals surface area contributed by atoms with Crippen LogP contribution in [-0.2, 0) is 6.54 Å². The molecule has 0 bridgehead atoms. The second kappa shape index (κ2) is 6.86. The van der Waals surface area contributed by atoms with Crippen LogP contribution in [0, 0.1) is 6.92 Å². The standard InChI is InChI=1S/C18H22N4O2/c1-4-13(5-2)22-12(3)15(10-20-22)18(23)19-11-16-14-8-6-7-9-17(14)24-21-16/h6-10,13H,4-5,11H2,1-3H3,(H,19,23). The van der Waals surface area contributed by atoms with Crippen LogP contribution in [0.1, 0.15) is 54.5 Å². The molecular weight excluding hydrogens is 304 g/mol. The first-order valence-corrected chi connectivity index (χ1v) is 8.31. The summed E-state index contributed by atoms with van der Waals surface area (Å²) >= 11 is 0. The largest absolute Gasteiger partial charge is 0.356 e. The molecule has 1 amide bonds. The fourth-order valence-electron chi connectivity index (χ4n) is 2.97. The molecule has 1 aromatic carbocycles. The van der Waals surface area contributed by atoms with Crippen molar-refractivity contribution in [3.05, 3.63) is 47.4 Å². The van der Waals surface area contributed by atoms with E-state index in [0.29, 0.717) is 18.2 Å². The van der Waals surface area contributed by atoms with Crippen molar-refractivity contribution in [1.29, 1.82) is 0 Å². The summed E-state index contributed by atoms with van der Waals surface area (Å²) in [7, 11) is 0. The summed E-state index contributed by atoms with van der Waals surface area (Å²) in [5.41, 5.74) is 2.95. The van der Waals surface area contributed by atoms with Gasteiger partial charge in [0, 0.05) is 11.1 Å². The topological polar surface area (TPSA) is 73.0 Å². The Bertz CT molecular complexity index is 846. The first-order valence-electron chi connectivity index (χ1n) is 8.31. The highest BCUT2D eigenvalue weighted by Gasteiger charge is 2.18. The lowest BCUT2D eigenvalue weighted by Crippen LogP contribution is -2.24. The first kappa shape index (κ1) is 16.2. The second-order valence-electron chi connectivity index (χ2n) is 5.87. The number of rotatable bonds is 6. The summed E-state index contributed by atoms with van der Waals surface area (Å²) in [6, 6.07) is 7.94. The molecule has 0 unspecified atom stereocenters. The minimum absolute atomic E-state index is 0.142. The Balaban J connectivity index is 1.74. The van der Waals surface area contributed by atoms with E-state index in [1.165, 1.54) is 0 Å². The maximum atomic E-state index is 12.5. The van der Waals surface area contributed by atoms with Gasteiger partial charge < -0.3 is 9.84 Å². The molecule has 24 heavy (non-hydrogen) atoms. The molecule has 0 fully saturated rings. The Hall–Kier alpha value is -2.63. The third kappa shape index (κ3) is 2.91. The van der Waals surface area contributed by atoms with Crippen LogP contribution in [0.5, 0.6) is 0 Å². The van der Waals surface area contributed by atoms with Crippen LogP contribution in [-0.4, -0.2) is 20.8 Å². The van der Waals surface area contributed by atoms with Crippen LogP contribution in [0.25, 0.3) is 11.0 Å². The zero-order chi connectivity index (χ0) is 17.1. The summed E-state index contributed by atoms with van der Waals surface area (Å²) in [6.07, 6.45) is 3.62. The zero-order valence-corrected chi connectivity index (χ0v) is 14.2. The van der Waals surface area contributed by atoms with Gasteiger partial charge in [-0.15, -0.1) is 0 Å². The summed E-state index contributed by atoms with van der Waals surface area (Å²) in [6.45, 7) is 6.52. The molecule has 0 saturated heterocycles. The van der Waals surface area contributed by atoms with Crippen molar-refractivity contribution < 1.29 is 9.32 Å². The minimum atomic E-state index is -0.142. The number of nitrogens with zero attached hydrogens (tertiary/aromatic N) is 3. The molecule has 3 aromatic rings. The highest BCUT2D eigenvalue weighted by Crippen LogP contribution is 2.20. The van der Waals surface area contributed by atoms with Gasteiger partial charge in [-0.1, -0.05) is 31.1 Å². The van der Waals surface area contributed by atoms with E-state index in [1.54, 1.807) is 6.20 Å². The Morgan fingerprint density at radius 1 is 1.29 bits per heavy atom. The van der Waals surface area contributed by atoms with Crippen LogP contribution >= 0.6 is 0 Å². The average molecular weight is 326 g/mol. The molecule has 0 saturated carbocycles. The van der Waals surface area contributed by atoms with Crippen molar-refractivity contribution >= 4 is 16.9 Å². The number of hydrogen-bond acceptors (Lipinski definition) is 4. The van der Waals surface area contributed by atoms with Crippen LogP contribution in [0.15, 0.2) is 35.0 Å². The SMILES string of the molecule is CCC(CC)n1ncc(C(=O)NCc2noc3ccccc23)c1C. The van der Waals surface area contributed by atoms with Gasteiger partial charge in [0.2, 0.25) is 0 Å². The van der Waals surface area contributed by atoms with Gasteiger partial charge in [0.1, 0.15) is 5.69 Å². The summed E-state index contributed by atoms with van der Waals surface area (Å²) < 4.78 is 7.20. The summed E-state index contributed by atoms with van der Waals surface area (Å²) in [5, 5.41) is 12.3. The van der Waals surface area contributed by atoms with Crippen molar-refractivity contribution in [2.24, 2.45) is 0 Å². The van der Waals surface area contributed by atoms with E-state index in [0.717, 1.165) is 35.2 Å². The number of para-hydroxylation sites is 1. The molecule has 0 aliphatic heterocycles. The van der Waals surface area contributed by atoms with Gasteiger partial charge in [-0.25, -0.2) is 0 Å². The lowest BCUT2D eigenvalue weighted by molar-refractivity contribution is 0.0949. The zero-order valence-electron chi connectivity index (χ0n) is 14.2. The molecule has 0 spiro atoms. The number of carbonyl (C=O) groups is 1. The van der Waals surface area contributed by atoms with Crippen LogP contribution < -0.4 is 5.32 Å². The quantitative estimate of drug-likeness (QED) is 0.751. The number of carbonyl (C=O) groups excluding carboxylic acids is 1. The molecule has 0 aliphatic carbocycles. The van der Waals surface area contributed by atoms with Crippen molar-refractivity contribution in [1.82, 2.24) is 20.3 Å². The van der Waals surface area contributed by atoms with E-state index >= 15 is 0 Å². The highest BCUT2D eigenvalue weighted by atomic mass is 16.5. The molecular formula is C18H22N4O2. The van der Waals surface area contributed by atoms with E-state index in [-0.39, 0.29) is 5.91 Å². The summed E-state index contributed by atoms with van der Waals surface area (Å²) in [4.78, 5) is 12.5. The monoisotopic (exact) mass is 326 g/mol. The number of fused-ring (bicyclic) bond motifs is 1. The van der Waals surface area contributed by atoms with Gasteiger partial charge in [0.25, 0.3) is 5.91 Å². The average Bonchev–Trinajstić information content (AvgIpc) is 3.18.